The van der Waals surface area contributed by atoms with Gasteiger partial charge in [0, 0.05) is 32.9 Å². The molecule has 0 saturated heterocycles. The summed E-state index contributed by atoms with van der Waals surface area (Å²) < 4.78 is 4.83. The molecule has 0 unspecified atom stereocenters. The van der Waals surface area contributed by atoms with Gasteiger partial charge in [-0.1, -0.05) is 243 Å². The highest BCUT2D eigenvalue weighted by atomic mass is 15.0. The summed E-state index contributed by atoms with van der Waals surface area (Å²) in [5, 5.41) is 9.79. The molecule has 13 aromatic carbocycles. The van der Waals surface area contributed by atoms with Gasteiger partial charge in [-0.2, -0.15) is 0 Å². The molecule has 0 bridgehead atoms. The lowest BCUT2D eigenvalue weighted by Crippen LogP contribution is -1.95. The minimum Gasteiger partial charge on any atom is -0.309 e. The lowest BCUT2D eigenvalue weighted by Gasteiger charge is -2.20. The van der Waals surface area contributed by atoms with Crippen LogP contribution >= 0.6 is 0 Å². The zero-order valence-corrected chi connectivity index (χ0v) is 43.9. The van der Waals surface area contributed by atoms with Crippen LogP contribution in [0.2, 0.25) is 0 Å². The van der Waals surface area contributed by atoms with E-state index in [0.29, 0.717) is 0 Å². The summed E-state index contributed by atoms with van der Waals surface area (Å²) in [7, 11) is 0. The molecule has 0 amide bonds. The number of nitrogens with zero attached hydrogens (tertiary/aromatic N) is 2. The van der Waals surface area contributed by atoms with Gasteiger partial charge in [0.2, 0.25) is 0 Å². The van der Waals surface area contributed by atoms with Crippen LogP contribution in [-0.4, -0.2) is 9.13 Å². The van der Waals surface area contributed by atoms with Crippen molar-refractivity contribution in [3.8, 4) is 55.9 Å². The Labute approximate surface area is 465 Å². The molecule has 0 N–H and O–H groups in total. The molecular weight excluding hydrogens is 965 g/mol. The summed E-state index contributed by atoms with van der Waals surface area (Å²) in [6.45, 7) is 0. The normalized spacial score (nSPS) is 11.9. The van der Waals surface area contributed by atoms with Gasteiger partial charge < -0.3 is 9.13 Å². The monoisotopic (exact) mass is 1020 g/mol. The van der Waals surface area contributed by atoms with Crippen molar-refractivity contribution in [2.24, 2.45) is 0 Å². The maximum absolute atomic E-state index is 2.45. The molecule has 0 aliphatic carbocycles. The van der Waals surface area contributed by atoms with Gasteiger partial charge in [-0.05, 0) is 161 Å². The van der Waals surface area contributed by atoms with Crippen LogP contribution in [0.1, 0.15) is 22.3 Å². The number of aromatic nitrogens is 2. The van der Waals surface area contributed by atoms with E-state index < -0.39 is 0 Å². The van der Waals surface area contributed by atoms with E-state index in [9.17, 15) is 0 Å². The first kappa shape index (κ1) is 46.7. The van der Waals surface area contributed by atoms with Gasteiger partial charge in [-0.15, -0.1) is 0 Å². The zero-order valence-electron chi connectivity index (χ0n) is 43.9. The molecule has 2 heterocycles. The highest BCUT2D eigenvalue weighted by Gasteiger charge is 2.21. The Morgan fingerprint density at radius 1 is 0.188 bits per heavy atom. The van der Waals surface area contributed by atoms with Crippen molar-refractivity contribution in [3.05, 3.63) is 313 Å². The standard InChI is InChI=1S/C78H52N2/c1-3-19-53(20-4-1)39-41-55-23-15-27-61(47-55)77-69-45-43-60(58-26-18-30-64(50-58)80-75-37-13-9-33-67(75)68-34-10-14-38-76(68)80)52-72(69)78(62-28-16-24-56(48-62)42-40-54-21-5-2-6-22-54)70-46-44-59(51-71(70)77)57-25-17-29-63(49-57)79-73-35-11-7-31-65(73)66-32-8-12-36-74(66)79/h1-52H/b41-39+,42-40+. The number of fused-ring (bicyclic) bond motifs is 8. The van der Waals surface area contributed by atoms with Crippen LogP contribution in [0.5, 0.6) is 0 Å². The molecule has 0 radical (unpaired) electrons. The largest absolute Gasteiger partial charge is 0.309 e. The average molecular weight is 1020 g/mol. The predicted molar refractivity (Wildman–Crippen MR) is 343 cm³/mol. The molecule has 0 aliphatic rings. The second-order valence-corrected chi connectivity index (χ2v) is 20.8. The summed E-state index contributed by atoms with van der Waals surface area (Å²) >= 11 is 0. The molecule has 0 atom stereocenters. The van der Waals surface area contributed by atoms with Gasteiger partial charge in [-0.25, -0.2) is 0 Å². The van der Waals surface area contributed by atoms with Crippen molar-refractivity contribution in [2.75, 3.05) is 0 Å². The molecule has 374 valence electrons. The third-order valence-electron chi connectivity index (χ3n) is 16.0. The minimum atomic E-state index is 1.13. The van der Waals surface area contributed by atoms with E-state index in [1.807, 2.05) is 0 Å². The second-order valence-electron chi connectivity index (χ2n) is 20.8. The minimum absolute atomic E-state index is 1.13. The summed E-state index contributed by atoms with van der Waals surface area (Å²) in [5.74, 6) is 0. The SMILES string of the molecule is C(=C\c1cccc(-c2c3ccc(-c4cccc(-n5c6ccccc6c6ccccc65)c4)cc3c(-c3cccc(/C=C/c4ccccc4)c3)c3ccc(-c4cccc(-n5c6ccccc6c6ccccc65)c4)cc23)c1)/c1ccccc1. The van der Waals surface area contributed by atoms with Gasteiger partial charge in [0.15, 0.2) is 0 Å². The third-order valence-corrected chi connectivity index (χ3v) is 16.0. The molecule has 2 heteroatoms. The van der Waals surface area contributed by atoms with Crippen LogP contribution in [0, 0.1) is 0 Å². The molecule has 15 aromatic rings. The van der Waals surface area contributed by atoms with Crippen LogP contribution in [-0.2, 0) is 0 Å². The summed E-state index contributed by atoms with van der Waals surface area (Å²) in [4.78, 5) is 0. The quantitative estimate of drug-likeness (QED) is 0.0954. The Balaban J connectivity index is 0.970. The summed E-state index contributed by atoms with van der Waals surface area (Å²) in [6.07, 6.45) is 8.89. The molecule has 0 fully saturated rings. The first-order chi connectivity index (χ1) is 39.7. The smallest absolute Gasteiger partial charge is 0.0541 e. The van der Waals surface area contributed by atoms with Crippen LogP contribution in [0.4, 0.5) is 0 Å². The molecule has 2 aromatic heterocycles. The Morgan fingerprint density at radius 3 is 0.900 bits per heavy atom. The van der Waals surface area contributed by atoms with Gasteiger partial charge in [-0.3, -0.25) is 0 Å². The van der Waals surface area contributed by atoms with Crippen molar-refractivity contribution < 1.29 is 0 Å². The first-order valence-electron chi connectivity index (χ1n) is 27.6. The molecule has 80 heavy (non-hydrogen) atoms. The van der Waals surface area contributed by atoms with Crippen molar-refractivity contribution >= 4 is 89.5 Å². The Bertz CT molecular complexity index is 4510. The van der Waals surface area contributed by atoms with Crippen LogP contribution in [0.15, 0.2) is 291 Å². The van der Waals surface area contributed by atoms with Gasteiger partial charge in [0.1, 0.15) is 0 Å². The van der Waals surface area contributed by atoms with Crippen LogP contribution in [0.3, 0.4) is 0 Å². The van der Waals surface area contributed by atoms with E-state index in [2.05, 4.69) is 325 Å². The number of hydrogen-bond donors (Lipinski definition) is 0. The fourth-order valence-electron chi connectivity index (χ4n) is 12.4. The summed E-state index contributed by atoms with van der Waals surface area (Å²) in [5.41, 5.74) is 21.0. The van der Waals surface area contributed by atoms with Gasteiger partial charge in [0.05, 0.1) is 22.1 Å². The molecule has 15 rings (SSSR count). The fraction of sp³-hybridized carbons (Fsp3) is 0. The maximum atomic E-state index is 2.45. The second kappa shape index (κ2) is 19.8. The van der Waals surface area contributed by atoms with E-state index in [1.54, 1.807) is 0 Å². The third kappa shape index (κ3) is 8.30. The zero-order chi connectivity index (χ0) is 52.9. The Hall–Kier alpha value is -10.5. The summed E-state index contributed by atoms with van der Waals surface area (Å²) in [6, 6.07) is 107. The number of para-hydroxylation sites is 4. The van der Waals surface area contributed by atoms with E-state index in [4.69, 9.17) is 0 Å². The lowest BCUT2D eigenvalue weighted by atomic mass is 9.83. The number of hydrogen-bond acceptors (Lipinski definition) is 0. The molecular formula is C78H52N2. The van der Waals surface area contributed by atoms with Crippen molar-refractivity contribution in [3.63, 3.8) is 0 Å². The molecule has 0 saturated carbocycles. The molecule has 0 spiro atoms. The highest BCUT2D eigenvalue weighted by molar-refractivity contribution is 6.23. The number of rotatable bonds is 10. The van der Waals surface area contributed by atoms with Gasteiger partial charge >= 0.3 is 0 Å². The van der Waals surface area contributed by atoms with Crippen LogP contribution < -0.4 is 0 Å². The lowest BCUT2D eigenvalue weighted by molar-refractivity contribution is 1.18. The van der Waals surface area contributed by atoms with Crippen LogP contribution in [0.25, 0.3) is 145 Å². The topological polar surface area (TPSA) is 9.86 Å². The average Bonchev–Trinajstić information content (AvgIpc) is 4.15. The Kier molecular flexibility index (Phi) is 11.6. The van der Waals surface area contributed by atoms with E-state index in [-0.39, 0.29) is 0 Å². The van der Waals surface area contributed by atoms with E-state index >= 15 is 0 Å². The molecule has 0 aliphatic heterocycles. The maximum Gasteiger partial charge on any atom is 0.0541 e. The first-order valence-corrected chi connectivity index (χ1v) is 27.6. The predicted octanol–water partition coefficient (Wildman–Crippen LogP) is 21.2. The van der Waals surface area contributed by atoms with E-state index in [1.165, 1.54) is 98.5 Å². The fourth-order valence-corrected chi connectivity index (χ4v) is 12.4. The number of benzene rings is 13. The molecule has 2 nitrogen and oxygen atoms in total. The Morgan fingerprint density at radius 2 is 0.500 bits per heavy atom. The van der Waals surface area contributed by atoms with Gasteiger partial charge in [0.25, 0.3) is 0 Å². The van der Waals surface area contributed by atoms with E-state index in [0.717, 1.165) is 44.8 Å². The van der Waals surface area contributed by atoms with Crippen molar-refractivity contribution in [1.29, 1.82) is 0 Å². The van der Waals surface area contributed by atoms with Crippen molar-refractivity contribution in [2.45, 2.75) is 0 Å². The van der Waals surface area contributed by atoms with Crippen molar-refractivity contribution in [1.82, 2.24) is 9.13 Å². The highest BCUT2D eigenvalue weighted by Crippen LogP contribution is 2.47.